The average molecular weight is 311 g/mol. The first-order chi connectivity index (χ1) is 9.61. The maximum absolute atomic E-state index is 14.1. The minimum absolute atomic E-state index is 0.131. The second-order valence-corrected chi connectivity index (χ2v) is 5.80. The Kier molecular flexibility index (Phi) is 5.40. The van der Waals surface area contributed by atoms with Gasteiger partial charge in [0, 0.05) is 17.1 Å². The molecule has 1 unspecified atom stereocenters. The van der Waals surface area contributed by atoms with E-state index < -0.39 is 0 Å². The van der Waals surface area contributed by atoms with Crippen molar-refractivity contribution in [1.29, 1.82) is 0 Å². The van der Waals surface area contributed by atoms with Gasteiger partial charge < -0.3 is 5.32 Å². The summed E-state index contributed by atoms with van der Waals surface area (Å²) in [5, 5.41) is 4.40. The number of nitrogens with one attached hydrogen (secondary N) is 1. The number of aromatic nitrogens is 1. The van der Waals surface area contributed by atoms with Crippen molar-refractivity contribution in [2.24, 2.45) is 0 Å². The lowest BCUT2D eigenvalue weighted by molar-refractivity contribution is 0.572. The summed E-state index contributed by atoms with van der Waals surface area (Å²) in [7, 11) is 0. The molecular weight excluding hydrogens is 295 g/mol. The molecule has 0 saturated carbocycles. The number of benzene rings is 1. The summed E-state index contributed by atoms with van der Waals surface area (Å²) in [4.78, 5) is 4.68. The number of halogens is 2. The van der Waals surface area contributed by atoms with Crippen molar-refractivity contribution in [2.75, 3.05) is 6.54 Å². The molecule has 0 fully saturated rings. The molecule has 106 valence electrons. The van der Waals surface area contributed by atoms with Crippen LogP contribution in [-0.4, -0.2) is 11.5 Å². The first kappa shape index (κ1) is 15.3. The molecule has 0 amide bonds. The highest BCUT2D eigenvalue weighted by molar-refractivity contribution is 7.99. The largest absolute Gasteiger partial charge is 0.310 e. The van der Waals surface area contributed by atoms with E-state index >= 15 is 0 Å². The van der Waals surface area contributed by atoms with E-state index in [1.54, 1.807) is 30.5 Å². The van der Waals surface area contributed by atoms with Crippen molar-refractivity contribution in [1.82, 2.24) is 10.3 Å². The number of hydrogen-bond donors (Lipinski definition) is 1. The standard InChI is InChI=1S/C15H16ClFN2S/c1-3-18-10(2)11-6-7-14(13(17)9-11)20-15-12(16)5-4-8-19-15/h4-10,18H,3H2,1-2H3. The molecule has 1 heterocycles. The Hall–Kier alpha value is -1.10. The van der Waals surface area contributed by atoms with E-state index in [9.17, 15) is 4.39 Å². The van der Waals surface area contributed by atoms with Gasteiger partial charge >= 0.3 is 0 Å². The quantitative estimate of drug-likeness (QED) is 0.866. The normalized spacial score (nSPS) is 12.4. The van der Waals surface area contributed by atoms with Gasteiger partial charge in [-0.3, -0.25) is 0 Å². The Labute approximate surface area is 127 Å². The van der Waals surface area contributed by atoms with E-state index in [2.05, 4.69) is 10.3 Å². The van der Waals surface area contributed by atoms with E-state index in [1.165, 1.54) is 11.8 Å². The fourth-order valence-corrected chi connectivity index (χ4v) is 2.86. The number of rotatable bonds is 5. The summed E-state index contributed by atoms with van der Waals surface area (Å²) in [6, 6.07) is 8.89. The van der Waals surface area contributed by atoms with E-state index in [1.807, 2.05) is 19.9 Å². The lowest BCUT2D eigenvalue weighted by Gasteiger charge is -2.13. The molecule has 5 heteroatoms. The SMILES string of the molecule is CCNC(C)c1ccc(Sc2ncccc2Cl)c(F)c1. The number of nitrogens with zero attached hydrogens (tertiary/aromatic N) is 1. The highest BCUT2D eigenvalue weighted by Gasteiger charge is 2.11. The van der Waals surface area contributed by atoms with Crippen molar-refractivity contribution in [3.63, 3.8) is 0 Å². The zero-order chi connectivity index (χ0) is 14.5. The minimum atomic E-state index is -0.251. The smallest absolute Gasteiger partial charge is 0.137 e. The number of hydrogen-bond acceptors (Lipinski definition) is 3. The molecular formula is C15H16ClFN2S. The van der Waals surface area contributed by atoms with Crippen molar-refractivity contribution in [3.8, 4) is 0 Å². The van der Waals surface area contributed by atoms with Gasteiger partial charge in [0.2, 0.25) is 0 Å². The lowest BCUT2D eigenvalue weighted by Crippen LogP contribution is -2.17. The zero-order valence-corrected chi connectivity index (χ0v) is 12.9. The van der Waals surface area contributed by atoms with Crippen molar-refractivity contribution < 1.29 is 4.39 Å². The first-order valence-electron chi connectivity index (χ1n) is 6.43. The first-order valence-corrected chi connectivity index (χ1v) is 7.62. The van der Waals surface area contributed by atoms with E-state index in [0.29, 0.717) is 14.9 Å². The van der Waals surface area contributed by atoms with Crippen LogP contribution in [0.5, 0.6) is 0 Å². The third kappa shape index (κ3) is 3.72. The Bertz CT molecular complexity index is 592. The third-order valence-electron chi connectivity index (χ3n) is 2.90. The molecule has 0 aliphatic rings. The second kappa shape index (κ2) is 7.07. The van der Waals surface area contributed by atoms with Gasteiger partial charge in [-0.2, -0.15) is 0 Å². The summed E-state index contributed by atoms with van der Waals surface area (Å²) < 4.78 is 14.1. The zero-order valence-electron chi connectivity index (χ0n) is 11.4. The van der Waals surface area contributed by atoms with Crippen LogP contribution in [0.4, 0.5) is 4.39 Å². The number of pyridine rings is 1. The van der Waals surface area contributed by atoms with E-state index in [-0.39, 0.29) is 11.9 Å². The molecule has 2 nitrogen and oxygen atoms in total. The van der Waals surface area contributed by atoms with Gasteiger partial charge in [0.25, 0.3) is 0 Å². The predicted molar refractivity (Wildman–Crippen MR) is 81.9 cm³/mol. The molecule has 2 aromatic rings. The van der Waals surface area contributed by atoms with Gasteiger partial charge in [-0.25, -0.2) is 9.37 Å². The van der Waals surface area contributed by atoms with E-state index in [0.717, 1.165) is 12.1 Å². The fraction of sp³-hybridized carbons (Fsp3) is 0.267. The van der Waals surface area contributed by atoms with Crippen LogP contribution < -0.4 is 5.32 Å². The van der Waals surface area contributed by atoms with Crippen LogP contribution in [-0.2, 0) is 0 Å². The van der Waals surface area contributed by atoms with Gasteiger partial charge in [-0.05, 0) is 43.3 Å². The molecule has 20 heavy (non-hydrogen) atoms. The molecule has 0 radical (unpaired) electrons. The van der Waals surface area contributed by atoms with Crippen LogP contribution in [0.2, 0.25) is 5.02 Å². The third-order valence-corrected chi connectivity index (χ3v) is 4.38. The molecule has 0 saturated heterocycles. The maximum Gasteiger partial charge on any atom is 0.137 e. The van der Waals surface area contributed by atoms with Crippen LogP contribution in [0.3, 0.4) is 0 Å². The van der Waals surface area contributed by atoms with Crippen LogP contribution >= 0.6 is 23.4 Å². The van der Waals surface area contributed by atoms with Crippen LogP contribution in [0, 0.1) is 5.82 Å². The lowest BCUT2D eigenvalue weighted by atomic mass is 10.1. The molecule has 0 aliphatic heterocycles. The Morgan fingerprint density at radius 1 is 1.40 bits per heavy atom. The highest BCUT2D eigenvalue weighted by atomic mass is 35.5. The second-order valence-electron chi connectivity index (χ2n) is 4.36. The van der Waals surface area contributed by atoms with E-state index in [4.69, 9.17) is 11.6 Å². The van der Waals surface area contributed by atoms with Gasteiger partial charge in [0.05, 0.1) is 5.02 Å². The Morgan fingerprint density at radius 3 is 2.85 bits per heavy atom. The summed E-state index contributed by atoms with van der Waals surface area (Å²) in [6.07, 6.45) is 1.65. The van der Waals surface area contributed by atoms with Crippen LogP contribution in [0.15, 0.2) is 46.5 Å². The topological polar surface area (TPSA) is 24.9 Å². The molecule has 0 bridgehead atoms. The fourth-order valence-electron chi connectivity index (χ4n) is 1.84. The molecule has 2 rings (SSSR count). The summed E-state index contributed by atoms with van der Waals surface area (Å²) in [5.74, 6) is -0.251. The van der Waals surface area contributed by atoms with Gasteiger partial charge in [0.1, 0.15) is 10.8 Å². The molecule has 0 aliphatic carbocycles. The van der Waals surface area contributed by atoms with Gasteiger partial charge in [-0.1, -0.05) is 36.4 Å². The van der Waals surface area contributed by atoms with Crippen LogP contribution in [0.1, 0.15) is 25.5 Å². The molecule has 1 aromatic carbocycles. The Balaban J connectivity index is 2.20. The molecule has 0 spiro atoms. The molecule has 1 aromatic heterocycles. The van der Waals surface area contributed by atoms with Crippen molar-refractivity contribution in [3.05, 3.63) is 52.9 Å². The summed E-state index contributed by atoms with van der Waals surface area (Å²) in [5.41, 5.74) is 0.931. The van der Waals surface area contributed by atoms with Crippen molar-refractivity contribution >= 4 is 23.4 Å². The Morgan fingerprint density at radius 2 is 2.20 bits per heavy atom. The maximum atomic E-state index is 14.1. The monoisotopic (exact) mass is 310 g/mol. The summed E-state index contributed by atoms with van der Waals surface area (Å²) in [6.45, 7) is 4.89. The summed E-state index contributed by atoms with van der Waals surface area (Å²) >= 11 is 7.27. The van der Waals surface area contributed by atoms with Crippen LogP contribution in [0.25, 0.3) is 0 Å². The molecule has 1 N–H and O–H groups in total. The highest BCUT2D eigenvalue weighted by Crippen LogP contribution is 2.33. The van der Waals surface area contributed by atoms with Gasteiger partial charge in [-0.15, -0.1) is 0 Å². The predicted octanol–water partition coefficient (Wildman–Crippen LogP) is 4.70. The minimum Gasteiger partial charge on any atom is -0.310 e. The molecule has 1 atom stereocenters. The average Bonchev–Trinajstić information content (AvgIpc) is 2.43. The van der Waals surface area contributed by atoms with Gasteiger partial charge in [0.15, 0.2) is 0 Å². The van der Waals surface area contributed by atoms with Crippen molar-refractivity contribution in [2.45, 2.75) is 29.8 Å².